The van der Waals surface area contributed by atoms with Crippen LogP contribution in [0, 0.1) is 35.0 Å². The molecule has 0 nitrogen and oxygen atoms in total. The third-order valence-corrected chi connectivity index (χ3v) is 15.1. The molecule has 4 rings (SSSR count). The van der Waals surface area contributed by atoms with E-state index in [0.717, 1.165) is 29.6 Å². The van der Waals surface area contributed by atoms with Crippen LogP contribution in [0.4, 0.5) is 0 Å². The molecule has 0 amide bonds. The van der Waals surface area contributed by atoms with Crippen molar-refractivity contribution in [3.63, 3.8) is 0 Å². The van der Waals surface area contributed by atoms with E-state index in [2.05, 4.69) is 33.9 Å². The van der Waals surface area contributed by atoms with Crippen molar-refractivity contribution in [3.05, 3.63) is 0 Å². The normalized spacial score (nSPS) is 45.2. The predicted octanol–water partition coefficient (Wildman–Crippen LogP) is 7.91. The molecule has 0 aromatic carbocycles. The second kappa shape index (κ2) is 6.68. The summed E-state index contributed by atoms with van der Waals surface area (Å²) in [7, 11) is -1.12. The average molecular weight is 361 g/mol. The summed E-state index contributed by atoms with van der Waals surface area (Å²) in [5.41, 5.74) is 2.89. The van der Waals surface area contributed by atoms with Gasteiger partial charge in [-0.25, -0.2) is 0 Å². The highest BCUT2D eigenvalue weighted by molar-refractivity contribution is 6.80. The first kappa shape index (κ1) is 18.6. The first-order chi connectivity index (χ1) is 11.8. The van der Waals surface area contributed by atoms with Crippen LogP contribution < -0.4 is 0 Å². The van der Waals surface area contributed by atoms with E-state index in [1.165, 1.54) is 23.9 Å². The van der Waals surface area contributed by atoms with Crippen LogP contribution in [0.25, 0.3) is 0 Å². The molecule has 0 saturated heterocycles. The zero-order chi connectivity index (χ0) is 17.8. The minimum absolute atomic E-state index is 0.538. The molecule has 0 aliphatic heterocycles. The molecule has 4 aliphatic carbocycles. The number of fused-ring (bicyclic) bond motifs is 2. The van der Waals surface area contributed by atoms with Crippen molar-refractivity contribution in [3.8, 4) is 0 Å². The maximum atomic E-state index is 2.84. The summed E-state index contributed by atoms with van der Waals surface area (Å²) in [5.74, 6) is 5.51. The van der Waals surface area contributed by atoms with Gasteiger partial charge in [-0.3, -0.25) is 0 Å². The Kier molecular flexibility index (Phi) is 4.96. The summed E-state index contributed by atoms with van der Waals surface area (Å²) in [6, 6.07) is 0. The molecule has 0 radical (unpaired) electrons. The summed E-state index contributed by atoms with van der Waals surface area (Å²) in [4.78, 5) is 0. The van der Waals surface area contributed by atoms with Gasteiger partial charge in [-0.2, -0.15) is 0 Å². The summed E-state index contributed by atoms with van der Waals surface area (Å²) in [6.07, 6.45) is 17.3. The monoisotopic (exact) mass is 360 g/mol. The fraction of sp³-hybridized carbons (Fsp3) is 1.00. The van der Waals surface area contributed by atoms with E-state index >= 15 is 0 Å². The summed E-state index contributed by atoms with van der Waals surface area (Å²) < 4.78 is 0. The first-order valence-electron chi connectivity index (χ1n) is 11.8. The molecule has 4 fully saturated rings. The van der Waals surface area contributed by atoms with Crippen LogP contribution in [-0.2, 0) is 0 Å². The highest BCUT2D eigenvalue weighted by Crippen LogP contribution is 2.62. The Morgan fingerprint density at radius 2 is 1.24 bits per heavy atom. The minimum atomic E-state index is -1.12. The third-order valence-electron chi connectivity index (χ3n) is 9.88. The lowest BCUT2D eigenvalue weighted by atomic mass is 9.66. The topological polar surface area (TPSA) is 0 Å². The Morgan fingerprint density at radius 3 is 1.92 bits per heavy atom. The summed E-state index contributed by atoms with van der Waals surface area (Å²) in [5, 5.41) is 0. The molecular weight excluding hydrogens is 316 g/mol. The minimum Gasteiger partial charge on any atom is -0.0689 e. The van der Waals surface area contributed by atoms with E-state index < -0.39 is 8.07 Å². The Hall–Kier alpha value is 0.217. The van der Waals surface area contributed by atoms with E-state index in [1.807, 2.05) is 0 Å². The zero-order valence-corrected chi connectivity index (χ0v) is 18.8. The molecule has 0 bridgehead atoms. The first-order valence-corrected chi connectivity index (χ1v) is 14.9. The predicted molar refractivity (Wildman–Crippen MR) is 113 cm³/mol. The van der Waals surface area contributed by atoms with Crippen LogP contribution in [0.1, 0.15) is 91.4 Å². The van der Waals surface area contributed by atoms with Gasteiger partial charge in [-0.1, -0.05) is 85.2 Å². The van der Waals surface area contributed by atoms with Crippen molar-refractivity contribution in [2.75, 3.05) is 0 Å². The molecule has 0 heterocycles. The maximum absolute atomic E-state index is 2.84. The molecule has 4 aliphatic rings. The molecule has 1 heteroatoms. The Labute approximate surface area is 158 Å². The lowest BCUT2D eigenvalue weighted by Crippen LogP contribution is -2.44. The lowest BCUT2D eigenvalue weighted by molar-refractivity contribution is 0.113. The highest BCUT2D eigenvalue weighted by Gasteiger charge is 2.54. The largest absolute Gasteiger partial charge is 0.0689 e. The van der Waals surface area contributed by atoms with E-state index in [0.29, 0.717) is 5.41 Å². The SMILES string of the molecule is CC(C)(C)C1CCC2C(CCC2[Si](C)(C)C2CCC3CCCCC32)C1. The highest BCUT2D eigenvalue weighted by atomic mass is 28.3. The molecule has 4 saturated carbocycles. The smallest absolute Gasteiger partial charge is 0.0541 e. The standard InChI is InChI=1S/C24H44Si/c1-24(2,3)19-12-13-21-18(16-19)11-15-23(21)25(4,5)22-14-10-17-8-6-7-9-20(17)22/h17-23H,6-16H2,1-5H3. The van der Waals surface area contributed by atoms with Crippen molar-refractivity contribution in [2.45, 2.75) is 116 Å². The van der Waals surface area contributed by atoms with Gasteiger partial charge in [0.05, 0.1) is 8.07 Å². The summed E-state index contributed by atoms with van der Waals surface area (Å²) in [6.45, 7) is 13.2. The molecule has 25 heavy (non-hydrogen) atoms. The third kappa shape index (κ3) is 3.30. The fourth-order valence-corrected chi connectivity index (χ4v) is 13.9. The van der Waals surface area contributed by atoms with Crippen LogP contribution in [0.5, 0.6) is 0 Å². The molecule has 0 aromatic rings. The van der Waals surface area contributed by atoms with Gasteiger partial charge >= 0.3 is 0 Å². The number of rotatable bonds is 2. The van der Waals surface area contributed by atoms with E-state index in [9.17, 15) is 0 Å². The summed E-state index contributed by atoms with van der Waals surface area (Å²) >= 11 is 0. The fourth-order valence-electron chi connectivity index (χ4n) is 8.40. The Bertz CT molecular complexity index is 473. The van der Waals surface area contributed by atoms with Gasteiger partial charge < -0.3 is 0 Å². The molecular formula is C24H44Si. The van der Waals surface area contributed by atoms with Crippen molar-refractivity contribution < 1.29 is 0 Å². The lowest BCUT2D eigenvalue weighted by Gasteiger charge is -2.47. The molecule has 0 aromatic heterocycles. The van der Waals surface area contributed by atoms with Crippen molar-refractivity contribution in [2.24, 2.45) is 35.0 Å². The Balaban J connectivity index is 1.47. The second-order valence-electron chi connectivity index (χ2n) is 12.2. The van der Waals surface area contributed by atoms with Crippen LogP contribution in [0.3, 0.4) is 0 Å². The molecule has 7 unspecified atom stereocenters. The quantitative estimate of drug-likeness (QED) is 0.439. The van der Waals surface area contributed by atoms with Gasteiger partial charge in [0.2, 0.25) is 0 Å². The van der Waals surface area contributed by atoms with Gasteiger partial charge in [0.25, 0.3) is 0 Å². The average Bonchev–Trinajstić information content (AvgIpc) is 3.18. The van der Waals surface area contributed by atoms with Crippen LogP contribution >= 0.6 is 0 Å². The van der Waals surface area contributed by atoms with E-state index in [4.69, 9.17) is 0 Å². The van der Waals surface area contributed by atoms with Crippen molar-refractivity contribution in [1.29, 1.82) is 0 Å². The van der Waals surface area contributed by atoms with Gasteiger partial charge in [0.15, 0.2) is 0 Å². The van der Waals surface area contributed by atoms with Crippen molar-refractivity contribution in [1.82, 2.24) is 0 Å². The van der Waals surface area contributed by atoms with Crippen LogP contribution in [0.2, 0.25) is 24.2 Å². The molecule has 0 spiro atoms. The van der Waals surface area contributed by atoms with Gasteiger partial charge in [-0.15, -0.1) is 0 Å². The maximum Gasteiger partial charge on any atom is 0.0541 e. The van der Waals surface area contributed by atoms with Gasteiger partial charge in [0.1, 0.15) is 0 Å². The Morgan fingerprint density at radius 1 is 0.640 bits per heavy atom. The van der Waals surface area contributed by atoms with Gasteiger partial charge in [-0.05, 0) is 65.3 Å². The van der Waals surface area contributed by atoms with E-state index in [-0.39, 0.29) is 0 Å². The molecule has 7 atom stereocenters. The number of hydrogen-bond donors (Lipinski definition) is 0. The zero-order valence-electron chi connectivity index (χ0n) is 17.8. The second-order valence-corrected chi connectivity index (χ2v) is 17.3. The number of hydrogen-bond acceptors (Lipinski definition) is 0. The van der Waals surface area contributed by atoms with Crippen LogP contribution in [-0.4, -0.2) is 8.07 Å². The molecule has 144 valence electrons. The van der Waals surface area contributed by atoms with Crippen LogP contribution in [0.15, 0.2) is 0 Å². The van der Waals surface area contributed by atoms with E-state index in [1.54, 1.807) is 57.8 Å². The van der Waals surface area contributed by atoms with Gasteiger partial charge in [0, 0.05) is 0 Å². The molecule has 0 N–H and O–H groups in total. The van der Waals surface area contributed by atoms with Crippen molar-refractivity contribution >= 4 is 8.07 Å².